The Kier molecular flexibility index (Phi) is 6.43. The lowest BCUT2D eigenvalue weighted by Crippen LogP contribution is -2.31. The van der Waals surface area contributed by atoms with E-state index in [2.05, 4.69) is 30.1 Å². The summed E-state index contributed by atoms with van der Waals surface area (Å²) in [7, 11) is 0. The van der Waals surface area contributed by atoms with E-state index in [-0.39, 0.29) is 11.5 Å². The van der Waals surface area contributed by atoms with Gasteiger partial charge < -0.3 is 19.0 Å². The zero-order chi connectivity index (χ0) is 23.3. The second-order valence-electron chi connectivity index (χ2n) is 7.68. The van der Waals surface area contributed by atoms with Crippen LogP contribution < -0.4 is 19.9 Å². The summed E-state index contributed by atoms with van der Waals surface area (Å²) < 4.78 is 11.2. The number of ether oxygens (including phenoxy) is 1. The Labute approximate surface area is 200 Å². The Hall–Kier alpha value is -3.86. The number of hydrogen-bond acceptors (Lipinski definition) is 10. The monoisotopic (exact) mass is 478 g/mol. The highest BCUT2D eigenvalue weighted by molar-refractivity contribution is 8.18. The molecule has 5 heterocycles. The van der Waals surface area contributed by atoms with Gasteiger partial charge in [0.25, 0.3) is 11.1 Å². The summed E-state index contributed by atoms with van der Waals surface area (Å²) >= 11 is 0.848. The van der Waals surface area contributed by atoms with Gasteiger partial charge in [0.05, 0.1) is 16.9 Å². The van der Waals surface area contributed by atoms with Gasteiger partial charge in [-0.15, -0.1) is 0 Å². The normalized spacial score (nSPS) is 17.7. The van der Waals surface area contributed by atoms with Crippen molar-refractivity contribution in [3.8, 4) is 5.88 Å². The summed E-state index contributed by atoms with van der Waals surface area (Å²) in [4.78, 5) is 41.7. The molecule has 0 bridgehead atoms. The van der Waals surface area contributed by atoms with Crippen LogP contribution in [0.4, 0.5) is 16.4 Å². The van der Waals surface area contributed by atoms with Crippen LogP contribution >= 0.6 is 11.8 Å². The van der Waals surface area contributed by atoms with Gasteiger partial charge in [-0.3, -0.25) is 19.9 Å². The number of amides is 2. The summed E-state index contributed by atoms with van der Waals surface area (Å²) in [6.07, 6.45) is 7.67. The predicted octanol–water partition coefficient (Wildman–Crippen LogP) is 3.08. The average Bonchev–Trinajstić information content (AvgIpc) is 3.39. The molecule has 2 fully saturated rings. The van der Waals surface area contributed by atoms with Crippen LogP contribution in [0.5, 0.6) is 5.88 Å². The van der Waals surface area contributed by atoms with Crippen molar-refractivity contribution in [3.05, 3.63) is 65.3 Å². The Morgan fingerprint density at radius 2 is 1.91 bits per heavy atom. The lowest BCUT2D eigenvalue weighted by atomic mass is 10.3. The largest absolute Gasteiger partial charge is 0.469 e. The van der Waals surface area contributed by atoms with Crippen molar-refractivity contribution < 1.29 is 18.7 Å². The molecule has 2 amide bonds. The van der Waals surface area contributed by atoms with Crippen molar-refractivity contribution in [3.63, 3.8) is 0 Å². The van der Waals surface area contributed by atoms with E-state index in [4.69, 9.17) is 9.15 Å². The number of aromatic nitrogens is 3. The molecule has 3 aromatic heterocycles. The number of anilines is 2. The molecule has 0 saturated carbocycles. The molecule has 11 heteroatoms. The Morgan fingerprint density at radius 1 is 1.09 bits per heavy atom. The lowest BCUT2D eigenvalue weighted by molar-refractivity contribution is -0.115. The molecule has 5 rings (SSSR count). The first kappa shape index (κ1) is 22.0. The molecule has 2 aliphatic rings. The van der Waals surface area contributed by atoms with E-state index >= 15 is 0 Å². The van der Waals surface area contributed by atoms with Crippen molar-refractivity contribution in [1.29, 1.82) is 0 Å². The number of hydrogen-bond donors (Lipinski definition) is 1. The SMILES string of the molecule is O=C1NC(=O)/C(=C/c2cc(OCc3ccco3)nc(N3CCCN(c4ccncc4)CC3)n2)S1. The van der Waals surface area contributed by atoms with Gasteiger partial charge in [0.1, 0.15) is 12.4 Å². The third-order valence-corrected chi connectivity index (χ3v) is 6.19. The number of furan rings is 1. The number of pyridine rings is 1. The second-order valence-corrected chi connectivity index (χ2v) is 8.70. The van der Waals surface area contributed by atoms with E-state index in [0.29, 0.717) is 29.8 Å². The Bertz CT molecular complexity index is 1200. The molecule has 10 nitrogen and oxygen atoms in total. The second kappa shape index (κ2) is 9.96. The molecular weight excluding hydrogens is 456 g/mol. The van der Waals surface area contributed by atoms with Crippen LogP contribution in [0.15, 0.2) is 58.3 Å². The fraction of sp³-hybridized carbons (Fsp3) is 0.261. The van der Waals surface area contributed by atoms with Crippen LogP contribution in [-0.4, -0.2) is 52.3 Å². The summed E-state index contributed by atoms with van der Waals surface area (Å²) in [6.45, 7) is 3.41. The summed E-state index contributed by atoms with van der Waals surface area (Å²) in [5.74, 6) is 1.10. The number of nitrogens with one attached hydrogen (secondary N) is 1. The summed E-state index contributed by atoms with van der Waals surface area (Å²) in [6, 6.07) is 9.27. The Balaban J connectivity index is 1.39. The molecule has 0 spiro atoms. The molecule has 34 heavy (non-hydrogen) atoms. The van der Waals surface area contributed by atoms with Gasteiger partial charge >= 0.3 is 0 Å². The number of rotatable bonds is 6. The maximum Gasteiger partial charge on any atom is 0.290 e. The number of imide groups is 1. The topological polar surface area (TPSA) is 114 Å². The van der Waals surface area contributed by atoms with Crippen molar-refractivity contribution in [2.45, 2.75) is 13.0 Å². The minimum Gasteiger partial charge on any atom is -0.469 e. The molecule has 0 atom stereocenters. The highest BCUT2D eigenvalue weighted by atomic mass is 32.2. The summed E-state index contributed by atoms with van der Waals surface area (Å²) in [5, 5.41) is 1.86. The van der Waals surface area contributed by atoms with Gasteiger partial charge in [0.15, 0.2) is 0 Å². The van der Waals surface area contributed by atoms with Crippen LogP contribution in [0.2, 0.25) is 0 Å². The molecule has 3 aromatic rings. The Morgan fingerprint density at radius 3 is 2.68 bits per heavy atom. The minimum absolute atomic E-state index is 0.211. The van der Waals surface area contributed by atoms with E-state index in [1.54, 1.807) is 36.9 Å². The molecular formula is C23H22N6O4S. The maximum absolute atomic E-state index is 12.0. The fourth-order valence-corrected chi connectivity index (χ4v) is 4.41. The highest BCUT2D eigenvalue weighted by Crippen LogP contribution is 2.27. The van der Waals surface area contributed by atoms with Crippen LogP contribution in [0, 0.1) is 0 Å². The van der Waals surface area contributed by atoms with Crippen molar-refractivity contribution in [2.75, 3.05) is 36.0 Å². The van der Waals surface area contributed by atoms with Gasteiger partial charge in [-0.25, -0.2) is 4.98 Å². The van der Waals surface area contributed by atoms with Crippen molar-refractivity contribution >= 4 is 40.6 Å². The maximum atomic E-state index is 12.0. The highest BCUT2D eigenvalue weighted by Gasteiger charge is 2.26. The smallest absolute Gasteiger partial charge is 0.290 e. The fourth-order valence-electron chi connectivity index (χ4n) is 3.75. The van der Waals surface area contributed by atoms with E-state index in [9.17, 15) is 9.59 Å². The molecule has 0 aromatic carbocycles. The zero-order valence-corrected chi connectivity index (χ0v) is 19.0. The first-order valence-electron chi connectivity index (χ1n) is 10.8. The molecule has 0 aliphatic carbocycles. The predicted molar refractivity (Wildman–Crippen MR) is 127 cm³/mol. The molecule has 0 radical (unpaired) electrons. The van der Waals surface area contributed by atoms with Crippen LogP contribution in [-0.2, 0) is 11.4 Å². The van der Waals surface area contributed by atoms with Crippen LogP contribution in [0.25, 0.3) is 6.08 Å². The standard InChI is InChI=1S/C23H22N6O4S/c30-21-19(34-23(31)27-21)13-16-14-20(33-15-18-3-1-12-32-18)26-22(25-16)29-9-2-8-28(10-11-29)17-4-6-24-7-5-17/h1,3-7,12-14H,2,8-11,15H2,(H,27,30,31)/b19-13-. The number of carbonyl (C=O) groups is 2. The third-order valence-electron chi connectivity index (χ3n) is 5.38. The molecule has 2 saturated heterocycles. The van der Waals surface area contributed by atoms with Gasteiger partial charge in [0, 0.05) is 50.3 Å². The third kappa shape index (κ3) is 5.20. The van der Waals surface area contributed by atoms with E-state index in [1.807, 2.05) is 18.2 Å². The van der Waals surface area contributed by atoms with E-state index in [1.165, 1.54) is 0 Å². The van der Waals surface area contributed by atoms with Gasteiger partial charge in [-0.1, -0.05) is 0 Å². The van der Waals surface area contributed by atoms with Gasteiger partial charge in [-0.2, -0.15) is 4.98 Å². The van der Waals surface area contributed by atoms with Gasteiger partial charge in [-0.05, 0) is 48.5 Å². The number of carbonyl (C=O) groups excluding carboxylic acids is 2. The molecule has 0 unspecified atom stereocenters. The summed E-state index contributed by atoms with van der Waals surface area (Å²) in [5.41, 5.74) is 1.62. The lowest BCUT2D eigenvalue weighted by Gasteiger charge is -2.23. The van der Waals surface area contributed by atoms with Gasteiger partial charge in [0.2, 0.25) is 11.8 Å². The number of thioether (sulfide) groups is 1. The first-order valence-corrected chi connectivity index (χ1v) is 11.6. The van der Waals surface area contributed by atoms with Crippen LogP contribution in [0.1, 0.15) is 17.9 Å². The quantitative estimate of drug-likeness (QED) is 0.530. The van der Waals surface area contributed by atoms with E-state index < -0.39 is 11.1 Å². The first-order chi connectivity index (χ1) is 16.6. The minimum atomic E-state index is -0.434. The number of nitrogens with zero attached hydrogens (tertiary/aromatic N) is 5. The molecule has 174 valence electrons. The van der Waals surface area contributed by atoms with E-state index in [0.717, 1.165) is 43.5 Å². The zero-order valence-electron chi connectivity index (χ0n) is 18.2. The van der Waals surface area contributed by atoms with Crippen molar-refractivity contribution in [2.24, 2.45) is 0 Å². The molecule has 2 aliphatic heterocycles. The van der Waals surface area contributed by atoms with Crippen LogP contribution in [0.3, 0.4) is 0 Å². The van der Waals surface area contributed by atoms with Crippen molar-refractivity contribution in [1.82, 2.24) is 20.3 Å². The molecule has 1 N–H and O–H groups in total. The average molecular weight is 479 g/mol.